The summed E-state index contributed by atoms with van der Waals surface area (Å²) in [6.07, 6.45) is 9.29. The van der Waals surface area contributed by atoms with Gasteiger partial charge in [-0.05, 0) is 32.6 Å². The quantitative estimate of drug-likeness (QED) is 0.476. The van der Waals surface area contributed by atoms with Gasteiger partial charge in [0.2, 0.25) is 11.8 Å². The van der Waals surface area contributed by atoms with Gasteiger partial charge in [-0.1, -0.05) is 32.1 Å². The molecule has 0 unspecified atom stereocenters. The maximum Gasteiger partial charge on any atom is 0.303 e. The zero-order valence-corrected chi connectivity index (χ0v) is 14.8. The van der Waals surface area contributed by atoms with Crippen LogP contribution in [0.15, 0.2) is 0 Å². The number of rotatable bonds is 12. The molecular weight excluding hydrogens is 308 g/mol. The highest BCUT2D eigenvalue weighted by Gasteiger charge is 2.24. The SMILES string of the molecule is C[C@H](CC(=O)NCCCCCCCC(=O)O)NC(=O)C1CCCC1. The Bertz CT molecular complexity index is 406. The van der Waals surface area contributed by atoms with Crippen molar-refractivity contribution in [2.45, 2.75) is 83.6 Å². The molecule has 1 aliphatic rings. The lowest BCUT2D eigenvalue weighted by Crippen LogP contribution is -2.39. The van der Waals surface area contributed by atoms with Crippen molar-refractivity contribution in [2.24, 2.45) is 5.92 Å². The minimum absolute atomic E-state index is 0.0277. The standard InChI is InChI=1S/C18H32N2O4/c1-14(20-18(24)15-9-6-7-10-15)13-16(21)19-12-8-4-2-3-5-11-17(22)23/h14-15H,2-13H2,1H3,(H,19,21)(H,20,24)(H,22,23)/t14-/m1/s1. The van der Waals surface area contributed by atoms with Crippen LogP contribution in [0.3, 0.4) is 0 Å². The highest BCUT2D eigenvalue weighted by atomic mass is 16.4. The first-order chi connectivity index (χ1) is 11.5. The lowest BCUT2D eigenvalue weighted by molar-refractivity contribution is -0.137. The molecule has 24 heavy (non-hydrogen) atoms. The third-order valence-corrected chi connectivity index (χ3v) is 4.50. The zero-order chi connectivity index (χ0) is 17.8. The van der Waals surface area contributed by atoms with Crippen molar-refractivity contribution in [1.29, 1.82) is 0 Å². The molecular formula is C18H32N2O4. The molecule has 3 N–H and O–H groups in total. The molecule has 0 aromatic heterocycles. The van der Waals surface area contributed by atoms with Crippen LogP contribution in [0.4, 0.5) is 0 Å². The highest BCUT2D eigenvalue weighted by molar-refractivity contribution is 5.81. The van der Waals surface area contributed by atoms with Gasteiger partial charge >= 0.3 is 5.97 Å². The summed E-state index contributed by atoms with van der Waals surface area (Å²) >= 11 is 0. The van der Waals surface area contributed by atoms with Crippen LogP contribution in [0.5, 0.6) is 0 Å². The summed E-state index contributed by atoms with van der Waals surface area (Å²) in [6.45, 7) is 2.51. The van der Waals surface area contributed by atoms with Crippen LogP contribution in [0.1, 0.15) is 77.6 Å². The molecule has 1 rings (SSSR count). The van der Waals surface area contributed by atoms with Gasteiger partial charge in [-0.25, -0.2) is 0 Å². The fourth-order valence-electron chi connectivity index (χ4n) is 3.11. The molecule has 1 aliphatic carbocycles. The first-order valence-electron chi connectivity index (χ1n) is 9.28. The average molecular weight is 340 g/mol. The number of nitrogens with one attached hydrogen (secondary N) is 2. The largest absolute Gasteiger partial charge is 0.481 e. The number of carbonyl (C=O) groups excluding carboxylic acids is 2. The van der Waals surface area contributed by atoms with E-state index in [9.17, 15) is 14.4 Å². The second-order valence-corrected chi connectivity index (χ2v) is 6.86. The monoisotopic (exact) mass is 340 g/mol. The number of hydrogen-bond acceptors (Lipinski definition) is 3. The van der Waals surface area contributed by atoms with Gasteiger partial charge in [-0.3, -0.25) is 14.4 Å². The first kappa shape index (κ1) is 20.5. The molecule has 0 aromatic rings. The lowest BCUT2D eigenvalue weighted by Gasteiger charge is -2.16. The Balaban J connectivity index is 1.98. The summed E-state index contributed by atoms with van der Waals surface area (Å²) < 4.78 is 0. The van der Waals surface area contributed by atoms with E-state index >= 15 is 0 Å². The van der Waals surface area contributed by atoms with E-state index in [0.29, 0.717) is 13.0 Å². The summed E-state index contributed by atoms with van der Waals surface area (Å²) in [7, 11) is 0. The number of hydrogen-bond donors (Lipinski definition) is 3. The van der Waals surface area contributed by atoms with Crippen molar-refractivity contribution in [1.82, 2.24) is 10.6 Å². The van der Waals surface area contributed by atoms with E-state index in [2.05, 4.69) is 10.6 Å². The second-order valence-electron chi connectivity index (χ2n) is 6.86. The van der Waals surface area contributed by atoms with Crippen LogP contribution < -0.4 is 10.6 Å². The Morgan fingerprint density at radius 3 is 2.33 bits per heavy atom. The number of carboxylic acids is 1. The maximum absolute atomic E-state index is 12.0. The number of carboxylic acid groups (broad SMARTS) is 1. The average Bonchev–Trinajstić information content (AvgIpc) is 3.03. The van der Waals surface area contributed by atoms with E-state index < -0.39 is 5.97 Å². The molecule has 1 saturated carbocycles. The Kier molecular flexibility index (Phi) is 10.1. The number of carbonyl (C=O) groups is 3. The smallest absolute Gasteiger partial charge is 0.303 e. The molecule has 0 aliphatic heterocycles. The van der Waals surface area contributed by atoms with E-state index in [1.165, 1.54) is 0 Å². The van der Waals surface area contributed by atoms with Crippen LogP contribution in [0, 0.1) is 5.92 Å². The molecule has 0 radical (unpaired) electrons. The Labute approximate surface area is 144 Å². The topological polar surface area (TPSA) is 95.5 Å². The molecule has 138 valence electrons. The van der Waals surface area contributed by atoms with Crippen LogP contribution in [0.25, 0.3) is 0 Å². The normalized spacial score (nSPS) is 15.9. The van der Waals surface area contributed by atoms with E-state index in [4.69, 9.17) is 5.11 Å². The lowest BCUT2D eigenvalue weighted by atomic mass is 10.1. The predicted molar refractivity (Wildman–Crippen MR) is 92.5 cm³/mol. The van der Waals surface area contributed by atoms with Gasteiger partial charge in [-0.15, -0.1) is 0 Å². The minimum Gasteiger partial charge on any atom is -0.481 e. The van der Waals surface area contributed by atoms with Gasteiger partial charge in [0.1, 0.15) is 0 Å². The molecule has 0 bridgehead atoms. The molecule has 0 spiro atoms. The molecule has 6 heteroatoms. The van der Waals surface area contributed by atoms with Gasteiger partial charge in [0.25, 0.3) is 0 Å². The van der Waals surface area contributed by atoms with Gasteiger partial charge in [0, 0.05) is 31.3 Å². The third kappa shape index (κ3) is 9.53. The van der Waals surface area contributed by atoms with E-state index in [1.807, 2.05) is 6.92 Å². The molecule has 6 nitrogen and oxygen atoms in total. The predicted octanol–water partition coefficient (Wildman–Crippen LogP) is 2.61. The van der Waals surface area contributed by atoms with Crippen molar-refractivity contribution < 1.29 is 19.5 Å². The fraction of sp³-hybridized carbons (Fsp3) is 0.833. The molecule has 0 saturated heterocycles. The van der Waals surface area contributed by atoms with Gasteiger partial charge in [0.15, 0.2) is 0 Å². The van der Waals surface area contributed by atoms with Gasteiger partial charge < -0.3 is 15.7 Å². The molecule has 1 fully saturated rings. The Morgan fingerprint density at radius 1 is 1.04 bits per heavy atom. The van der Waals surface area contributed by atoms with Gasteiger partial charge in [-0.2, -0.15) is 0 Å². The van der Waals surface area contributed by atoms with Crippen LogP contribution in [-0.4, -0.2) is 35.5 Å². The van der Waals surface area contributed by atoms with E-state index in [0.717, 1.165) is 57.8 Å². The second kappa shape index (κ2) is 11.9. The molecule has 2 amide bonds. The summed E-state index contributed by atoms with van der Waals surface area (Å²) in [5, 5.41) is 14.3. The first-order valence-corrected chi connectivity index (χ1v) is 9.28. The third-order valence-electron chi connectivity index (χ3n) is 4.50. The highest BCUT2D eigenvalue weighted by Crippen LogP contribution is 2.24. The summed E-state index contributed by atoms with van der Waals surface area (Å²) in [5.41, 5.74) is 0. The van der Waals surface area contributed by atoms with Crippen molar-refractivity contribution in [3.63, 3.8) is 0 Å². The number of amides is 2. The summed E-state index contributed by atoms with van der Waals surface area (Å²) in [6, 6.07) is -0.130. The number of aliphatic carboxylic acids is 1. The van der Waals surface area contributed by atoms with Crippen LogP contribution >= 0.6 is 0 Å². The van der Waals surface area contributed by atoms with Crippen molar-refractivity contribution in [3.05, 3.63) is 0 Å². The van der Waals surface area contributed by atoms with Crippen LogP contribution in [-0.2, 0) is 14.4 Å². The minimum atomic E-state index is -0.739. The van der Waals surface area contributed by atoms with E-state index in [1.54, 1.807) is 0 Å². The summed E-state index contributed by atoms with van der Waals surface area (Å²) in [4.78, 5) is 34.2. The van der Waals surface area contributed by atoms with Gasteiger partial charge in [0.05, 0.1) is 0 Å². The van der Waals surface area contributed by atoms with Crippen molar-refractivity contribution >= 4 is 17.8 Å². The maximum atomic E-state index is 12.0. The Hall–Kier alpha value is -1.59. The van der Waals surface area contributed by atoms with Crippen LogP contribution in [0.2, 0.25) is 0 Å². The van der Waals surface area contributed by atoms with Crippen molar-refractivity contribution in [3.8, 4) is 0 Å². The fourth-order valence-corrected chi connectivity index (χ4v) is 3.11. The molecule has 1 atom stereocenters. The summed E-state index contributed by atoms with van der Waals surface area (Å²) in [5.74, 6) is -0.540. The number of unbranched alkanes of at least 4 members (excludes halogenated alkanes) is 4. The molecule has 0 heterocycles. The Morgan fingerprint density at radius 2 is 1.67 bits per heavy atom. The zero-order valence-electron chi connectivity index (χ0n) is 14.8. The van der Waals surface area contributed by atoms with Crippen molar-refractivity contribution in [2.75, 3.05) is 6.54 Å². The van der Waals surface area contributed by atoms with E-state index in [-0.39, 0.29) is 30.2 Å². The molecule has 0 aromatic carbocycles.